The number of methoxy groups -OCH3 is 1. The molecule has 2 rings (SSSR count). The second kappa shape index (κ2) is 6.36. The fraction of sp³-hybridized carbons (Fsp3) is 0.615. The number of likely N-dealkylation sites (tertiary alicyclic amines) is 1. The summed E-state index contributed by atoms with van der Waals surface area (Å²) in [7, 11) is 3.64. The van der Waals surface area contributed by atoms with Crippen LogP contribution in [0.2, 0.25) is 5.02 Å². The average Bonchev–Trinajstić information content (AvgIpc) is 2.41. The van der Waals surface area contributed by atoms with Crippen molar-refractivity contribution in [3.8, 4) is 0 Å². The van der Waals surface area contributed by atoms with E-state index in [-0.39, 0.29) is 0 Å². The van der Waals surface area contributed by atoms with Gasteiger partial charge in [0.25, 0.3) is 0 Å². The molecule has 5 heteroatoms. The van der Waals surface area contributed by atoms with Crippen LogP contribution in [0.15, 0.2) is 12.1 Å². The van der Waals surface area contributed by atoms with Crippen LogP contribution in [0.4, 0.5) is 5.82 Å². The van der Waals surface area contributed by atoms with E-state index in [0.29, 0.717) is 6.10 Å². The maximum atomic E-state index is 6.19. The second-order valence-electron chi connectivity index (χ2n) is 4.61. The van der Waals surface area contributed by atoms with E-state index in [2.05, 4.69) is 15.2 Å². The van der Waals surface area contributed by atoms with Gasteiger partial charge in [-0.25, -0.2) is 4.98 Å². The summed E-state index contributed by atoms with van der Waals surface area (Å²) in [4.78, 5) is 6.86. The largest absolute Gasteiger partial charge is 0.380 e. The molecule has 1 atom stereocenters. The monoisotopic (exact) mass is 269 g/mol. The number of halogens is 1. The van der Waals surface area contributed by atoms with Crippen molar-refractivity contribution in [3.63, 3.8) is 0 Å². The van der Waals surface area contributed by atoms with Crippen LogP contribution in [0.3, 0.4) is 0 Å². The zero-order chi connectivity index (χ0) is 13.0. The van der Waals surface area contributed by atoms with Crippen LogP contribution in [0.25, 0.3) is 0 Å². The molecule has 18 heavy (non-hydrogen) atoms. The molecule has 4 nitrogen and oxygen atoms in total. The fourth-order valence-electron chi connectivity index (χ4n) is 2.30. The molecule has 1 aliphatic heterocycles. The minimum absolute atomic E-state index is 0.338. The van der Waals surface area contributed by atoms with Crippen molar-refractivity contribution in [2.24, 2.45) is 0 Å². The van der Waals surface area contributed by atoms with Gasteiger partial charge in [-0.3, -0.25) is 4.90 Å². The molecular weight excluding hydrogens is 250 g/mol. The number of ether oxygens (including phenoxy) is 1. The Balaban J connectivity index is 2.04. The first kappa shape index (κ1) is 13.6. The Hall–Kier alpha value is -0.840. The Morgan fingerprint density at radius 1 is 1.56 bits per heavy atom. The molecule has 0 aromatic carbocycles. The molecule has 0 bridgehead atoms. The molecule has 1 saturated heterocycles. The van der Waals surface area contributed by atoms with Crippen LogP contribution < -0.4 is 5.32 Å². The fourth-order valence-corrected chi connectivity index (χ4v) is 2.46. The average molecular weight is 270 g/mol. The summed E-state index contributed by atoms with van der Waals surface area (Å²) in [6, 6.07) is 3.79. The number of hydrogen-bond donors (Lipinski definition) is 1. The van der Waals surface area contributed by atoms with Gasteiger partial charge in [-0.05, 0) is 31.5 Å². The Labute approximate surface area is 113 Å². The van der Waals surface area contributed by atoms with E-state index < -0.39 is 0 Å². The second-order valence-corrected chi connectivity index (χ2v) is 5.02. The van der Waals surface area contributed by atoms with Crippen molar-refractivity contribution < 1.29 is 4.74 Å². The highest BCUT2D eigenvalue weighted by Crippen LogP contribution is 2.21. The molecule has 1 aliphatic rings. The van der Waals surface area contributed by atoms with Crippen LogP contribution in [0, 0.1) is 0 Å². The van der Waals surface area contributed by atoms with Crippen molar-refractivity contribution in [2.45, 2.75) is 25.5 Å². The lowest BCUT2D eigenvalue weighted by Gasteiger charge is -2.31. The number of nitrogens with zero attached hydrogens (tertiary/aromatic N) is 2. The topological polar surface area (TPSA) is 37.4 Å². The van der Waals surface area contributed by atoms with E-state index in [9.17, 15) is 0 Å². The van der Waals surface area contributed by atoms with Gasteiger partial charge in [0.05, 0.1) is 16.8 Å². The lowest BCUT2D eigenvalue weighted by Crippen LogP contribution is -2.38. The van der Waals surface area contributed by atoms with E-state index in [1.54, 1.807) is 7.11 Å². The predicted octanol–water partition coefficient (Wildman–Crippen LogP) is 2.39. The molecule has 0 spiro atoms. The van der Waals surface area contributed by atoms with Crippen LogP contribution in [0.1, 0.15) is 18.5 Å². The highest BCUT2D eigenvalue weighted by atomic mass is 35.5. The predicted molar refractivity (Wildman–Crippen MR) is 74.1 cm³/mol. The van der Waals surface area contributed by atoms with E-state index in [4.69, 9.17) is 16.3 Å². The highest BCUT2D eigenvalue weighted by molar-refractivity contribution is 6.31. The summed E-state index contributed by atoms with van der Waals surface area (Å²) in [6.45, 7) is 2.83. The van der Waals surface area contributed by atoms with Crippen LogP contribution in [-0.2, 0) is 11.3 Å². The minimum atomic E-state index is 0.338. The van der Waals surface area contributed by atoms with E-state index >= 15 is 0 Å². The standard InChI is InChI=1S/C13H20ClN3O/c1-15-13-6-5-11(14)12(16-13)9-17-7-3-4-10(8-17)18-2/h5-6,10H,3-4,7-9H2,1-2H3,(H,15,16). The van der Waals surface area contributed by atoms with Crippen LogP contribution in [-0.4, -0.2) is 43.2 Å². The van der Waals surface area contributed by atoms with Gasteiger partial charge in [0.2, 0.25) is 0 Å². The smallest absolute Gasteiger partial charge is 0.126 e. The molecule has 0 radical (unpaired) electrons. The van der Waals surface area contributed by atoms with Gasteiger partial charge in [0.15, 0.2) is 0 Å². The van der Waals surface area contributed by atoms with Gasteiger partial charge in [0, 0.05) is 27.2 Å². The maximum absolute atomic E-state index is 6.19. The third-order valence-corrected chi connectivity index (χ3v) is 3.69. The molecular formula is C13H20ClN3O. The highest BCUT2D eigenvalue weighted by Gasteiger charge is 2.20. The van der Waals surface area contributed by atoms with Gasteiger partial charge in [-0.2, -0.15) is 0 Å². The third kappa shape index (κ3) is 3.34. The van der Waals surface area contributed by atoms with Crippen LogP contribution in [0.5, 0.6) is 0 Å². The van der Waals surface area contributed by atoms with Crippen LogP contribution >= 0.6 is 11.6 Å². The molecule has 1 aromatic rings. The lowest BCUT2D eigenvalue weighted by atomic mass is 10.1. The molecule has 1 aromatic heterocycles. The normalized spacial score (nSPS) is 20.9. The van der Waals surface area contributed by atoms with Gasteiger partial charge < -0.3 is 10.1 Å². The number of anilines is 1. The van der Waals surface area contributed by atoms with Gasteiger partial charge in [0.1, 0.15) is 5.82 Å². The van der Waals surface area contributed by atoms with E-state index in [1.165, 1.54) is 6.42 Å². The molecule has 1 N–H and O–H groups in total. The number of piperidine rings is 1. The number of rotatable bonds is 4. The molecule has 0 amide bonds. The molecule has 1 fully saturated rings. The van der Waals surface area contributed by atoms with Gasteiger partial charge >= 0.3 is 0 Å². The third-order valence-electron chi connectivity index (χ3n) is 3.34. The summed E-state index contributed by atoms with van der Waals surface area (Å²) in [5.41, 5.74) is 0.931. The first-order valence-corrected chi connectivity index (χ1v) is 6.69. The van der Waals surface area contributed by atoms with E-state index in [0.717, 1.165) is 42.6 Å². The Morgan fingerprint density at radius 2 is 2.39 bits per heavy atom. The summed E-state index contributed by atoms with van der Waals surface area (Å²) in [6.07, 6.45) is 2.65. The lowest BCUT2D eigenvalue weighted by molar-refractivity contribution is 0.0281. The summed E-state index contributed by atoms with van der Waals surface area (Å²) < 4.78 is 5.43. The van der Waals surface area contributed by atoms with Crippen molar-refractivity contribution >= 4 is 17.4 Å². The summed E-state index contributed by atoms with van der Waals surface area (Å²) in [5.74, 6) is 0.856. The maximum Gasteiger partial charge on any atom is 0.126 e. The van der Waals surface area contributed by atoms with E-state index in [1.807, 2.05) is 19.2 Å². The summed E-state index contributed by atoms with van der Waals surface area (Å²) in [5, 5.41) is 3.77. The van der Waals surface area contributed by atoms with Gasteiger partial charge in [-0.1, -0.05) is 11.6 Å². The first-order chi connectivity index (χ1) is 8.72. The zero-order valence-corrected chi connectivity index (χ0v) is 11.7. The zero-order valence-electron chi connectivity index (χ0n) is 10.9. The molecule has 0 saturated carbocycles. The van der Waals surface area contributed by atoms with Crippen molar-refractivity contribution in [1.82, 2.24) is 9.88 Å². The molecule has 1 unspecified atom stereocenters. The quantitative estimate of drug-likeness (QED) is 0.911. The molecule has 0 aliphatic carbocycles. The van der Waals surface area contributed by atoms with Crippen molar-refractivity contribution in [3.05, 3.63) is 22.8 Å². The number of aromatic nitrogens is 1. The minimum Gasteiger partial charge on any atom is -0.380 e. The number of pyridine rings is 1. The molecule has 2 heterocycles. The SMILES string of the molecule is CNc1ccc(Cl)c(CN2CCCC(OC)C2)n1. The van der Waals surface area contributed by atoms with Gasteiger partial charge in [-0.15, -0.1) is 0 Å². The Bertz CT molecular complexity index is 400. The first-order valence-electron chi connectivity index (χ1n) is 6.31. The summed E-state index contributed by atoms with van der Waals surface area (Å²) >= 11 is 6.19. The van der Waals surface area contributed by atoms with Crippen molar-refractivity contribution in [2.75, 3.05) is 32.6 Å². The molecule has 100 valence electrons. The Morgan fingerprint density at radius 3 is 3.11 bits per heavy atom. The number of hydrogen-bond acceptors (Lipinski definition) is 4. The van der Waals surface area contributed by atoms with Crippen molar-refractivity contribution in [1.29, 1.82) is 0 Å². The number of nitrogens with one attached hydrogen (secondary N) is 1. The Kier molecular flexibility index (Phi) is 4.80.